The van der Waals surface area contributed by atoms with Crippen molar-refractivity contribution in [3.05, 3.63) is 0 Å². The first-order chi connectivity index (χ1) is 6.13. The molecule has 1 aliphatic heterocycles. The quantitative estimate of drug-likeness (QED) is 0.736. The van der Waals surface area contributed by atoms with Gasteiger partial charge in [0.25, 0.3) is 0 Å². The Hall–Kier alpha value is -0.0800. The Labute approximate surface area is 88.8 Å². The molecular weight excluding hydrogens is 172 g/mol. The lowest BCUT2D eigenvalue weighted by Crippen LogP contribution is -2.64. The molecule has 2 unspecified atom stereocenters. The molecule has 0 aromatic rings. The van der Waals surface area contributed by atoms with Gasteiger partial charge in [-0.2, -0.15) is 0 Å². The zero-order valence-electron chi connectivity index (χ0n) is 10.6. The lowest BCUT2D eigenvalue weighted by molar-refractivity contribution is -0.0499. The van der Waals surface area contributed by atoms with E-state index in [1.165, 1.54) is 13.1 Å². The molecule has 14 heavy (non-hydrogen) atoms. The van der Waals surface area contributed by atoms with Gasteiger partial charge in [0, 0.05) is 25.2 Å². The minimum atomic E-state index is 0.256. The fraction of sp³-hybridized carbons (Fsp3) is 1.00. The Morgan fingerprint density at radius 2 is 1.64 bits per heavy atom. The molecule has 1 heterocycles. The highest BCUT2D eigenvalue weighted by Crippen LogP contribution is 2.37. The van der Waals surface area contributed by atoms with Crippen LogP contribution in [0.15, 0.2) is 0 Å². The van der Waals surface area contributed by atoms with Crippen LogP contribution in [0.25, 0.3) is 0 Å². The van der Waals surface area contributed by atoms with Crippen LogP contribution < -0.4 is 5.73 Å². The van der Waals surface area contributed by atoms with E-state index in [4.69, 9.17) is 5.73 Å². The second-order valence-electron chi connectivity index (χ2n) is 6.74. The average molecular weight is 198 g/mol. The summed E-state index contributed by atoms with van der Waals surface area (Å²) in [6, 6.07) is 0.765. The third-order valence-corrected chi connectivity index (χ3v) is 3.04. The Morgan fingerprint density at radius 3 is 1.86 bits per heavy atom. The van der Waals surface area contributed by atoms with Crippen molar-refractivity contribution >= 4 is 0 Å². The molecule has 1 saturated heterocycles. The summed E-state index contributed by atoms with van der Waals surface area (Å²) in [4.78, 5) is 2.53. The van der Waals surface area contributed by atoms with Crippen molar-refractivity contribution in [3.8, 4) is 0 Å². The van der Waals surface area contributed by atoms with Crippen molar-refractivity contribution in [1.82, 2.24) is 4.90 Å². The van der Waals surface area contributed by atoms with E-state index in [1.807, 2.05) is 0 Å². The van der Waals surface area contributed by atoms with Crippen molar-refractivity contribution in [2.75, 3.05) is 13.1 Å². The van der Waals surface area contributed by atoms with Gasteiger partial charge in [0.15, 0.2) is 0 Å². The molecule has 0 aliphatic carbocycles. The predicted octanol–water partition coefficient (Wildman–Crippen LogP) is 2.09. The first kappa shape index (κ1) is 12.0. The molecule has 2 nitrogen and oxygen atoms in total. The monoisotopic (exact) mass is 198 g/mol. The Balaban J connectivity index is 2.64. The fourth-order valence-corrected chi connectivity index (χ4v) is 2.92. The standard InChI is InChI=1S/C12H26N2/c1-9(13)10(11(2,3)4)14-7-12(5,6)8-14/h9-10H,7-8,13H2,1-6H3. The molecule has 0 saturated carbocycles. The summed E-state index contributed by atoms with van der Waals surface area (Å²) in [6.07, 6.45) is 0. The fourth-order valence-electron chi connectivity index (χ4n) is 2.92. The molecule has 1 aliphatic rings. The maximum absolute atomic E-state index is 6.08. The first-order valence-corrected chi connectivity index (χ1v) is 5.63. The van der Waals surface area contributed by atoms with Gasteiger partial charge in [-0.05, 0) is 17.8 Å². The Bertz CT molecular complexity index is 193. The van der Waals surface area contributed by atoms with E-state index >= 15 is 0 Å². The summed E-state index contributed by atoms with van der Waals surface area (Å²) in [5.74, 6) is 0. The highest BCUT2D eigenvalue weighted by molar-refractivity contribution is 4.98. The molecule has 0 spiro atoms. The lowest BCUT2D eigenvalue weighted by Gasteiger charge is -2.54. The van der Waals surface area contributed by atoms with Crippen molar-refractivity contribution in [2.24, 2.45) is 16.6 Å². The van der Waals surface area contributed by atoms with Crippen LogP contribution in [0.4, 0.5) is 0 Å². The van der Waals surface area contributed by atoms with Crippen LogP contribution in [0.2, 0.25) is 0 Å². The second kappa shape index (κ2) is 3.49. The summed E-state index contributed by atoms with van der Waals surface area (Å²) in [6.45, 7) is 16.0. The van der Waals surface area contributed by atoms with Gasteiger partial charge < -0.3 is 5.73 Å². The van der Waals surface area contributed by atoms with Crippen molar-refractivity contribution in [1.29, 1.82) is 0 Å². The third-order valence-electron chi connectivity index (χ3n) is 3.04. The minimum Gasteiger partial charge on any atom is -0.327 e. The number of hydrogen-bond acceptors (Lipinski definition) is 2. The van der Waals surface area contributed by atoms with Gasteiger partial charge in [0.1, 0.15) is 0 Å². The molecular formula is C12H26N2. The zero-order valence-corrected chi connectivity index (χ0v) is 10.6. The Kier molecular flexibility index (Phi) is 2.99. The van der Waals surface area contributed by atoms with Crippen LogP contribution in [0.1, 0.15) is 41.5 Å². The topological polar surface area (TPSA) is 29.3 Å². The number of nitrogens with two attached hydrogens (primary N) is 1. The average Bonchev–Trinajstić information content (AvgIpc) is 1.77. The molecule has 2 heteroatoms. The normalized spacial score (nSPS) is 26.8. The SMILES string of the molecule is CC(N)C(N1CC(C)(C)C1)C(C)(C)C. The zero-order chi connectivity index (χ0) is 11.1. The summed E-state index contributed by atoms with van der Waals surface area (Å²) in [5, 5.41) is 0. The Morgan fingerprint density at radius 1 is 1.21 bits per heavy atom. The maximum atomic E-state index is 6.08. The van der Waals surface area contributed by atoms with Crippen LogP contribution in [0.3, 0.4) is 0 Å². The van der Waals surface area contributed by atoms with Gasteiger partial charge in [-0.25, -0.2) is 0 Å². The van der Waals surface area contributed by atoms with Crippen LogP contribution >= 0.6 is 0 Å². The summed E-state index contributed by atoms with van der Waals surface area (Å²) < 4.78 is 0. The molecule has 84 valence electrons. The summed E-state index contributed by atoms with van der Waals surface area (Å²) in [5.41, 5.74) is 6.86. The van der Waals surface area contributed by atoms with Crippen LogP contribution in [-0.2, 0) is 0 Å². The van der Waals surface area contributed by atoms with E-state index in [1.54, 1.807) is 0 Å². The van der Waals surface area contributed by atoms with Crippen LogP contribution in [0.5, 0.6) is 0 Å². The van der Waals surface area contributed by atoms with Gasteiger partial charge in [0.2, 0.25) is 0 Å². The highest BCUT2D eigenvalue weighted by atomic mass is 15.2. The molecule has 0 radical (unpaired) electrons. The smallest absolute Gasteiger partial charge is 0.0293 e. The van der Waals surface area contributed by atoms with Crippen molar-refractivity contribution < 1.29 is 0 Å². The van der Waals surface area contributed by atoms with E-state index in [0.29, 0.717) is 11.5 Å². The molecule has 0 aromatic carbocycles. The molecule has 2 N–H and O–H groups in total. The largest absolute Gasteiger partial charge is 0.327 e. The van der Waals surface area contributed by atoms with E-state index in [-0.39, 0.29) is 11.5 Å². The molecule has 0 amide bonds. The highest BCUT2D eigenvalue weighted by Gasteiger charge is 2.43. The third kappa shape index (κ3) is 2.48. The van der Waals surface area contributed by atoms with Gasteiger partial charge in [0.05, 0.1) is 0 Å². The van der Waals surface area contributed by atoms with Gasteiger partial charge >= 0.3 is 0 Å². The number of hydrogen-bond donors (Lipinski definition) is 1. The molecule has 0 bridgehead atoms. The number of nitrogens with zero attached hydrogens (tertiary/aromatic N) is 1. The molecule has 0 aromatic heterocycles. The van der Waals surface area contributed by atoms with Gasteiger partial charge in [-0.15, -0.1) is 0 Å². The minimum absolute atomic E-state index is 0.256. The van der Waals surface area contributed by atoms with E-state index in [2.05, 4.69) is 46.4 Å². The number of likely N-dealkylation sites (tertiary alicyclic amines) is 1. The van der Waals surface area contributed by atoms with E-state index < -0.39 is 0 Å². The van der Waals surface area contributed by atoms with Crippen LogP contribution in [-0.4, -0.2) is 30.1 Å². The molecule has 1 rings (SSSR count). The van der Waals surface area contributed by atoms with Crippen molar-refractivity contribution in [2.45, 2.75) is 53.6 Å². The van der Waals surface area contributed by atoms with Gasteiger partial charge in [-0.3, -0.25) is 4.90 Å². The number of rotatable bonds is 2. The van der Waals surface area contributed by atoms with Crippen molar-refractivity contribution in [3.63, 3.8) is 0 Å². The summed E-state index contributed by atoms with van der Waals surface area (Å²) in [7, 11) is 0. The van der Waals surface area contributed by atoms with Crippen LogP contribution in [0, 0.1) is 10.8 Å². The van der Waals surface area contributed by atoms with E-state index in [9.17, 15) is 0 Å². The van der Waals surface area contributed by atoms with E-state index in [0.717, 1.165) is 0 Å². The lowest BCUT2D eigenvalue weighted by atomic mass is 9.75. The first-order valence-electron chi connectivity index (χ1n) is 5.63. The molecule has 2 atom stereocenters. The summed E-state index contributed by atoms with van der Waals surface area (Å²) >= 11 is 0. The second-order valence-corrected chi connectivity index (χ2v) is 6.74. The maximum Gasteiger partial charge on any atom is 0.0293 e. The molecule has 1 fully saturated rings. The predicted molar refractivity (Wildman–Crippen MR) is 62.2 cm³/mol. The van der Waals surface area contributed by atoms with Gasteiger partial charge in [-0.1, -0.05) is 34.6 Å².